The van der Waals surface area contributed by atoms with Crippen LogP contribution in [0.2, 0.25) is 0 Å². The molecule has 0 aromatic carbocycles. The molecule has 3 N–H and O–H groups in total. The van der Waals surface area contributed by atoms with Crippen LogP contribution in [0.5, 0.6) is 0 Å². The maximum atomic E-state index is 10.5. The molecule has 86 valence electrons. The zero-order valence-electron chi connectivity index (χ0n) is 10.2. The quantitative estimate of drug-likeness (QED) is 0.543. The molecule has 15 heavy (non-hydrogen) atoms. The van der Waals surface area contributed by atoms with Crippen molar-refractivity contribution >= 4 is 11.7 Å². The molecule has 4 heteroatoms. The van der Waals surface area contributed by atoms with Crippen LogP contribution < -0.4 is 11.2 Å². The van der Waals surface area contributed by atoms with Crippen LogP contribution in [0, 0.1) is 11.8 Å². The number of rotatable bonds is 4. The average Bonchev–Trinajstić information content (AvgIpc) is 2.10. The maximum Gasteiger partial charge on any atom is 0.332 e. The molecule has 0 aliphatic carbocycles. The number of carbonyl (C=O) groups excluding carboxylic acids is 1. The van der Waals surface area contributed by atoms with E-state index in [4.69, 9.17) is 5.73 Å². The standard InChI is InChI=1S/C11H21N3O/c1-7(2)9(5)6-10(8(3)4)13-14-11(12)15/h6-8H,1-5H3,(H3,12,14,15)/b9-6-,13-10-. The SMILES string of the molecule is C/C(=C/C(=N/NC(N)=O)C(C)C)C(C)C. The summed E-state index contributed by atoms with van der Waals surface area (Å²) in [7, 11) is 0. The van der Waals surface area contributed by atoms with Crippen molar-refractivity contribution in [3.05, 3.63) is 11.6 Å². The number of carbonyl (C=O) groups is 1. The van der Waals surface area contributed by atoms with Crippen LogP contribution in [-0.2, 0) is 0 Å². The number of urea groups is 1. The first-order valence-electron chi connectivity index (χ1n) is 5.15. The van der Waals surface area contributed by atoms with Crippen molar-refractivity contribution in [2.45, 2.75) is 34.6 Å². The second-order valence-corrected chi connectivity index (χ2v) is 4.21. The van der Waals surface area contributed by atoms with Gasteiger partial charge in [-0.05, 0) is 24.8 Å². The molecule has 0 aromatic rings. The molecule has 2 amide bonds. The number of primary amides is 1. The normalized spacial score (nSPS) is 13.5. The van der Waals surface area contributed by atoms with E-state index in [9.17, 15) is 4.79 Å². The molecule has 0 rings (SSSR count). The second-order valence-electron chi connectivity index (χ2n) is 4.21. The summed E-state index contributed by atoms with van der Waals surface area (Å²) in [6, 6.07) is -0.635. The molecule has 4 nitrogen and oxygen atoms in total. The van der Waals surface area contributed by atoms with E-state index < -0.39 is 6.03 Å². The van der Waals surface area contributed by atoms with Crippen LogP contribution in [-0.4, -0.2) is 11.7 Å². The lowest BCUT2D eigenvalue weighted by Gasteiger charge is -2.09. The molecule has 0 heterocycles. The number of nitrogens with two attached hydrogens (primary N) is 1. The van der Waals surface area contributed by atoms with Gasteiger partial charge in [-0.3, -0.25) is 0 Å². The lowest BCUT2D eigenvalue weighted by atomic mass is 10.00. The Morgan fingerprint density at radius 1 is 1.27 bits per heavy atom. The van der Waals surface area contributed by atoms with Crippen molar-refractivity contribution in [2.24, 2.45) is 22.7 Å². The van der Waals surface area contributed by atoms with E-state index in [-0.39, 0.29) is 5.92 Å². The molecule has 0 aromatic heterocycles. The van der Waals surface area contributed by atoms with Crippen molar-refractivity contribution < 1.29 is 4.79 Å². The van der Waals surface area contributed by atoms with E-state index in [1.54, 1.807) is 0 Å². The Labute approximate surface area is 91.6 Å². The van der Waals surface area contributed by atoms with E-state index in [2.05, 4.69) is 24.4 Å². The van der Waals surface area contributed by atoms with Gasteiger partial charge in [-0.2, -0.15) is 5.10 Å². The molecule has 0 bridgehead atoms. The Morgan fingerprint density at radius 3 is 2.13 bits per heavy atom. The summed E-state index contributed by atoms with van der Waals surface area (Å²) in [6.45, 7) is 10.3. The van der Waals surface area contributed by atoms with E-state index in [0.717, 1.165) is 5.71 Å². The lowest BCUT2D eigenvalue weighted by Crippen LogP contribution is -2.26. The van der Waals surface area contributed by atoms with Crippen LogP contribution in [0.1, 0.15) is 34.6 Å². The minimum absolute atomic E-state index is 0.255. The third kappa shape index (κ3) is 5.88. The smallest absolute Gasteiger partial charge is 0.332 e. The average molecular weight is 211 g/mol. The van der Waals surface area contributed by atoms with Crippen LogP contribution in [0.25, 0.3) is 0 Å². The number of nitrogens with zero attached hydrogens (tertiary/aromatic N) is 1. The van der Waals surface area contributed by atoms with E-state index in [1.165, 1.54) is 5.57 Å². The number of amides is 2. The third-order valence-corrected chi connectivity index (χ3v) is 2.17. The molecule has 0 atom stereocenters. The van der Waals surface area contributed by atoms with E-state index in [1.807, 2.05) is 26.8 Å². The Balaban J connectivity index is 4.75. The summed E-state index contributed by atoms with van der Waals surface area (Å²) >= 11 is 0. The second kappa shape index (κ2) is 6.22. The minimum Gasteiger partial charge on any atom is -0.350 e. The number of nitrogens with one attached hydrogen (secondary N) is 1. The first-order chi connectivity index (χ1) is 6.84. The zero-order valence-corrected chi connectivity index (χ0v) is 10.2. The van der Waals surface area contributed by atoms with Gasteiger partial charge in [0.15, 0.2) is 0 Å². The van der Waals surface area contributed by atoms with E-state index in [0.29, 0.717) is 5.92 Å². The number of hydrazone groups is 1. The van der Waals surface area contributed by atoms with Crippen LogP contribution in [0.3, 0.4) is 0 Å². The molecule has 0 radical (unpaired) electrons. The summed E-state index contributed by atoms with van der Waals surface area (Å²) in [4.78, 5) is 10.5. The summed E-state index contributed by atoms with van der Waals surface area (Å²) in [6.07, 6.45) is 1.99. The van der Waals surface area contributed by atoms with Crippen molar-refractivity contribution in [1.82, 2.24) is 5.43 Å². The van der Waals surface area contributed by atoms with Gasteiger partial charge < -0.3 is 5.73 Å². The van der Waals surface area contributed by atoms with Gasteiger partial charge in [0.25, 0.3) is 0 Å². The molecule has 0 fully saturated rings. The Kier molecular flexibility index (Phi) is 5.67. The molecule has 0 saturated heterocycles. The number of hydrogen-bond acceptors (Lipinski definition) is 2. The fourth-order valence-electron chi connectivity index (χ4n) is 0.848. The summed E-state index contributed by atoms with van der Waals surface area (Å²) in [5.74, 6) is 0.730. The maximum absolute atomic E-state index is 10.5. The topological polar surface area (TPSA) is 67.5 Å². The van der Waals surface area contributed by atoms with Gasteiger partial charge in [-0.15, -0.1) is 0 Å². The van der Waals surface area contributed by atoms with Gasteiger partial charge in [0.05, 0.1) is 5.71 Å². The summed E-state index contributed by atoms with van der Waals surface area (Å²) in [5.41, 5.74) is 9.27. The first-order valence-corrected chi connectivity index (χ1v) is 5.15. The van der Waals surface area contributed by atoms with Gasteiger partial charge in [0.1, 0.15) is 0 Å². The van der Waals surface area contributed by atoms with Crippen LogP contribution >= 0.6 is 0 Å². The number of allylic oxidation sites excluding steroid dienone is 2. The van der Waals surface area contributed by atoms with Gasteiger partial charge in [0.2, 0.25) is 0 Å². The molecule has 0 spiro atoms. The summed E-state index contributed by atoms with van der Waals surface area (Å²) < 4.78 is 0. The van der Waals surface area contributed by atoms with Crippen molar-refractivity contribution in [1.29, 1.82) is 0 Å². The Hall–Kier alpha value is -1.32. The molecular formula is C11H21N3O. The highest BCUT2D eigenvalue weighted by molar-refractivity contribution is 5.97. The van der Waals surface area contributed by atoms with E-state index >= 15 is 0 Å². The fourth-order valence-corrected chi connectivity index (χ4v) is 0.848. The molecule has 0 unspecified atom stereocenters. The van der Waals surface area contributed by atoms with Gasteiger partial charge >= 0.3 is 6.03 Å². The highest BCUT2D eigenvalue weighted by Gasteiger charge is 2.05. The van der Waals surface area contributed by atoms with Crippen molar-refractivity contribution in [3.63, 3.8) is 0 Å². The first kappa shape index (κ1) is 13.7. The summed E-state index contributed by atoms with van der Waals surface area (Å²) in [5, 5.41) is 3.96. The fraction of sp³-hybridized carbons (Fsp3) is 0.636. The third-order valence-electron chi connectivity index (χ3n) is 2.17. The monoisotopic (exact) mass is 211 g/mol. The van der Waals surface area contributed by atoms with Gasteiger partial charge in [0, 0.05) is 0 Å². The lowest BCUT2D eigenvalue weighted by molar-refractivity contribution is 0.249. The van der Waals surface area contributed by atoms with Gasteiger partial charge in [-0.25, -0.2) is 10.2 Å². The number of hydrogen-bond donors (Lipinski definition) is 2. The highest BCUT2D eigenvalue weighted by atomic mass is 16.2. The molecule has 0 aliphatic rings. The minimum atomic E-state index is -0.635. The predicted molar refractivity (Wildman–Crippen MR) is 63.6 cm³/mol. The van der Waals surface area contributed by atoms with Crippen molar-refractivity contribution in [3.8, 4) is 0 Å². The predicted octanol–water partition coefficient (Wildman–Crippen LogP) is 2.27. The van der Waals surface area contributed by atoms with Crippen LogP contribution in [0.15, 0.2) is 16.8 Å². The molecule has 0 aliphatic heterocycles. The zero-order chi connectivity index (χ0) is 12.0. The Bertz CT molecular complexity index is 278. The molecule has 0 saturated carbocycles. The Morgan fingerprint density at radius 2 is 1.80 bits per heavy atom. The van der Waals surface area contributed by atoms with Crippen LogP contribution in [0.4, 0.5) is 4.79 Å². The highest BCUT2D eigenvalue weighted by Crippen LogP contribution is 2.10. The largest absolute Gasteiger partial charge is 0.350 e. The molecular weight excluding hydrogens is 190 g/mol. The van der Waals surface area contributed by atoms with Gasteiger partial charge in [-0.1, -0.05) is 33.3 Å². The van der Waals surface area contributed by atoms with Crippen molar-refractivity contribution in [2.75, 3.05) is 0 Å².